The van der Waals surface area contributed by atoms with Gasteiger partial charge >= 0.3 is 6.09 Å². The van der Waals surface area contributed by atoms with Crippen molar-refractivity contribution in [3.63, 3.8) is 0 Å². The van der Waals surface area contributed by atoms with Crippen LogP contribution in [-0.4, -0.2) is 22.8 Å². The van der Waals surface area contributed by atoms with Gasteiger partial charge in [0.25, 0.3) is 0 Å². The van der Waals surface area contributed by atoms with Gasteiger partial charge in [-0.25, -0.2) is 4.79 Å². The van der Waals surface area contributed by atoms with Crippen molar-refractivity contribution in [2.75, 3.05) is 6.54 Å². The van der Waals surface area contributed by atoms with Gasteiger partial charge in [-0.1, -0.05) is 65.0 Å². The molecular weight excluding hydrogens is 254 g/mol. The maximum atomic E-state index is 11.3. The number of hydrogen-bond donors (Lipinski definition) is 1. The van der Waals surface area contributed by atoms with Crippen molar-refractivity contribution in [1.82, 2.24) is 5.06 Å². The summed E-state index contributed by atoms with van der Waals surface area (Å²) in [4.78, 5) is 17.1. The Balaban J connectivity index is 2.98. The van der Waals surface area contributed by atoms with Gasteiger partial charge in [-0.15, -0.1) is 0 Å². The molecule has 4 heteroatoms. The molecule has 0 radical (unpaired) electrons. The Bertz CT molecular complexity index is 423. The third kappa shape index (κ3) is 4.85. The van der Waals surface area contributed by atoms with Gasteiger partial charge in [0, 0.05) is 0 Å². The van der Waals surface area contributed by atoms with Crippen LogP contribution in [0.25, 0.3) is 0 Å². The number of carbonyl (C=O) groups is 1. The van der Waals surface area contributed by atoms with Gasteiger partial charge in [0.05, 0.1) is 6.54 Å². The minimum atomic E-state index is -1.05. The molecule has 0 heterocycles. The van der Waals surface area contributed by atoms with Gasteiger partial charge in [-0.2, -0.15) is 5.06 Å². The Hall–Kier alpha value is -1.55. The lowest BCUT2D eigenvalue weighted by atomic mass is 9.85. The van der Waals surface area contributed by atoms with E-state index in [-0.39, 0.29) is 17.4 Å². The van der Waals surface area contributed by atoms with Crippen molar-refractivity contribution < 1.29 is 14.7 Å². The molecule has 0 saturated carbocycles. The van der Waals surface area contributed by atoms with Crippen LogP contribution in [0.4, 0.5) is 4.79 Å². The van der Waals surface area contributed by atoms with Gasteiger partial charge in [0.2, 0.25) is 0 Å². The lowest BCUT2D eigenvalue weighted by Gasteiger charge is -2.34. The Morgan fingerprint density at radius 1 is 1.25 bits per heavy atom. The summed E-state index contributed by atoms with van der Waals surface area (Å²) in [6.45, 7) is 10.4. The molecule has 0 bridgehead atoms. The van der Waals surface area contributed by atoms with Crippen molar-refractivity contribution in [3.05, 3.63) is 35.9 Å². The van der Waals surface area contributed by atoms with Crippen LogP contribution in [-0.2, 0) is 4.84 Å². The first kappa shape index (κ1) is 16.5. The second-order valence-corrected chi connectivity index (χ2v) is 6.50. The summed E-state index contributed by atoms with van der Waals surface area (Å²) in [6, 6.07) is 9.74. The number of benzene rings is 1. The monoisotopic (exact) mass is 279 g/mol. The van der Waals surface area contributed by atoms with E-state index in [4.69, 9.17) is 4.84 Å². The summed E-state index contributed by atoms with van der Waals surface area (Å²) in [5.41, 5.74) is 0.779. The summed E-state index contributed by atoms with van der Waals surface area (Å²) < 4.78 is 0. The Morgan fingerprint density at radius 2 is 1.80 bits per heavy atom. The number of nitrogens with zero attached hydrogens (tertiary/aromatic N) is 1. The van der Waals surface area contributed by atoms with Crippen LogP contribution < -0.4 is 0 Å². The van der Waals surface area contributed by atoms with E-state index in [2.05, 4.69) is 0 Å². The molecule has 1 atom stereocenters. The van der Waals surface area contributed by atoms with E-state index in [1.807, 2.05) is 65.0 Å². The number of amides is 1. The van der Waals surface area contributed by atoms with Crippen molar-refractivity contribution >= 4 is 6.09 Å². The first-order valence-electron chi connectivity index (χ1n) is 6.94. The Morgan fingerprint density at radius 3 is 2.20 bits per heavy atom. The van der Waals surface area contributed by atoms with Crippen molar-refractivity contribution in [3.8, 4) is 0 Å². The van der Waals surface area contributed by atoms with Crippen molar-refractivity contribution in [2.24, 2.45) is 11.3 Å². The number of hydrogen-bond acceptors (Lipinski definition) is 2. The quantitative estimate of drug-likeness (QED) is 0.816. The van der Waals surface area contributed by atoms with Gasteiger partial charge < -0.3 is 5.11 Å². The highest BCUT2D eigenvalue weighted by atomic mass is 16.7. The first-order chi connectivity index (χ1) is 9.21. The molecule has 1 N–H and O–H groups in total. The van der Waals surface area contributed by atoms with Gasteiger partial charge in [0.1, 0.15) is 6.10 Å². The normalized spacial score (nSPS) is 13.3. The predicted octanol–water partition coefficient (Wildman–Crippen LogP) is 4.34. The Kier molecular flexibility index (Phi) is 5.57. The fourth-order valence-corrected chi connectivity index (χ4v) is 1.97. The smallest absolute Gasteiger partial charge is 0.431 e. The molecule has 20 heavy (non-hydrogen) atoms. The second-order valence-electron chi connectivity index (χ2n) is 6.50. The molecule has 1 aromatic rings. The minimum absolute atomic E-state index is 0.202. The number of hydroxylamine groups is 2. The van der Waals surface area contributed by atoms with E-state index >= 15 is 0 Å². The van der Waals surface area contributed by atoms with E-state index in [0.717, 1.165) is 10.6 Å². The average Bonchev–Trinajstić information content (AvgIpc) is 2.33. The van der Waals surface area contributed by atoms with Crippen molar-refractivity contribution in [2.45, 2.75) is 40.7 Å². The highest BCUT2D eigenvalue weighted by Crippen LogP contribution is 2.36. The predicted molar refractivity (Wildman–Crippen MR) is 79.3 cm³/mol. The zero-order valence-electron chi connectivity index (χ0n) is 13.0. The maximum absolute atomic E-state index is 11.3. The minimum Gasteiger partial charge on any atom is -0.463 e. The lowest BCUT2D eigenvalue weighted by molar-refractivity contribution is -0.205. The van der Waals surface area contributed by atoms with Gasteiger partial charge in [-0.3, -0.25) is 4.84 Å². The number of carboxylic acid groups (broad SMARTS) is 1. The van der Waals surface area contributed by atoms with Crippen LogP contribution in [0.2, 0.25) is 0 Å². The lowest BCUT2D eigenvalue weighted by Crippen LogP contribution is -2.37. The molecular formula is C16H25NO3. The van der Waals surface area contributed by atoms with E-state index < -0.39 is 6.09 Å². The third-order valence-corrected chi connectivity index (χ3v) is 2.87. The summed E-state index contributed by atoms with van der Waals surface area (Å²) in [6.07, 6.45) is -1.36. The fourth-order valence-electron chi connectivity index (χ4n) is 1.97. The Labute approximate surface area is 121 Å². The van der Waals surface area contributed by atoms with E-state index in [0.29, 0.717) is 6.54 Å². The standard InChI is InChI=1S/C16H25NO3/c1-12(2)11-17(15(18)19)20-14(16(3,4)5)13-9-7-6-8-10-13/h6-10,12,14H,11H2,1-5H3,(H,18,19). The summed E-state index contributed by atoms with van der Waals surface area (Å²) in [5, 5.41) is 10.3. The molecule has 1 aromatic carbocycles. The maximum Gasteiger partial charge on any atom is 0.431 e. The molecule has 0 spiro atoms. The summed E-state index contributed by atoms with van der Waals surface area (Å²) in [5.74, 6) is 0.211. The molecule has 0 aromatic heterocycles. The van der Waals surface area contributed by atoms with Crippen LogP contribution in [0.5, 0.6) is 0 Å². The zero-order valence-corrected chi connectivity index (χ0v) is 13.0. The van der Waals surface area contributed by atoms with Crippen LogP contribution in [0, 0.1) is 11.3 Å². The average molecular weight is 279 g/mol. The van der Waals surface area contributed by atoms with Crippen LogP contribution in [0.1, 0.15) is 46.3 Å². The molecule has 0 saturated heterocycles. The van der Waals surface area contributed by atoms with E-state index in [1.54, 1.807) is 0 Å². The molecule has 0 aliphatic rings. The van der Waals surface area contributed by atoms with Crippen LogP contribution >= 0.6 is 0 Å². The van der Waals surface area contributed by atoms with Crippen molar-refractivity contribution in [1.29, 1.82) is 0 Å². The molecule has 0 aliphatic heterocycles. The molecule has 112 valence electrons. The van der Waals surface area contributed by atoms with Gasteiger partial charge in [-0.05, 0) is 16.9 Å². The largest absolute Gasteiger partial charge is 0.463 e. The summed E-state index contributed by atoms with van der Waals surface area (Å²) in [7, 11) is 0. The first-order valence-corrected chi connectivity index (χ1v) is 6.94. The fraction of sp³-hybridized carbons (Fsp3) is 0.562. The van der Waals surface area contributed by atoms with E-state index in [9.17, 15) is 9.90 Å². The molecule has 1 rings (SSSR count). The number of rotatable bonds is 5. The zero-order chi connectivity index (χ0) is 15.3. The van der Waals surface area contributed by atoms with Gasteiger partial charge in [0.15, 0.2) is 0 Å². The molecule has 4 nitrogen and oxygen atoms in total. The van der Waals surface area contributed by atoms with E-state index in [1.165, 1.54) is 0 Å². The highest BCUT2D eigenvalue weighted by Gasteiger charge is 2.31. The highest BCUT2D eigenvalue weighted by molar-refractivity contribution is 5.63. The third-order valence-electron chi connectivity index (χ3n) is 2.87. The van der Waals surface area contributed by atoms with Crippen LogP contribution in [0.15, 0.2) is 30.3 Å². The molecule has 0 fully saturated rings. The summed E-state index contributed by atoms with van der Waals surface area (Å²) >= 11 is 0. The second kappa shape index (κ2) is 6.75. The molecule has 0 aliphatic carbocycles. The molecule has 1 unspecified atom stereocenters. The SMILES string of the molecule is CC(C)CN(OC(c1ccccc1)C(C)(C)C)C(=O)O. The topological polar surface area (TPSA) is 49.8 Å². The molecule has 1 amide bonds. The van der Waals surface area contributed by atoms with Crippen LogP contribution in [0.3, 0.4) is 0 Å².